The number of pyridine rings is 1. The SMILES string of the molecule is CC(=O)NC1CCC[C@@H](C(=O)Nc2cc(-c3cnn4c3CCCC4)c(C)cn2)C1. The maximum atomic E-state index is 12.8. The lowest BCUT2D eigenvalue weighted by atomic mass is 9.85. The van der Waals surface area contributed by atoms with Gasteiger partial charge in [0, 0.05) is 42.9 Å². The van der Waals surface area contributed by atoms with Crippen LogP contribution < -0.4 is 10.6 Å². The lowest BCUT2D eigenvalue weighted by Gasteiger charge is -2.28. The van der Waals surface area contributed by atoms with Gasteiger partial charge in [0.05, 0.1) is 6.20 Å². The van der Waals surface area contributed by atoms with E-state index in [2.05, 4.69) is 25.4 Å². The Balaban J connectivity index is 1.50. The summed E-state index contributed by atoms with van der Waals surface area (Å²) in [6.45, 7) is 4.54. The highest BCUT2D eigenvalue weighted by Gasteiger charge is 2.28. The third kappa shape index (κ3) is 4.33. The number of carbonyl (C=O) groups is 2. The topological polar surface area (TPSA) is 88.9 Å². The second-order valence-electron chi connectivity index (χ2n) is 8.32. The Kier molecular flexibility index (Phi) is 5.65. The van der Waals surface area contributed by atoms with Gasteiger partial charge in [0.1, 0.15) is 5.82 Å². The Morgan fingerprint density at radius 3 is 2.83 bits per heavy atom. The van der Waals surface area contributed by atoms with Gasteiger partial charge in [0.25, 0.3) is 0 Å². The molecular weight excluding hydrogens is 366 g/mol. The highest BCUT2D eigenvalue weighted by Crippen LogP contribution is 2.32. The normalized spacial score (nSPS) is 21.3. The molecule has 7 heteroatoms. The number of aromatic nitrogens is 3. The van der Waals surface area contributed by atoms with Crippen LogP contribution in [0.2, 0.25) is 0 Å². The highest BCUT2D eigenvalue weighted by molar-refractivity contribution is 5.92. The van der Waals surface area contributed by atoms with Crippen molar-refractivity contribution in [1.82, 2.24) is 20.1 Å². The molecule has 1 saturated carbocycles. The lowest BCUT2D eigenvalue weighted by molar-refractivity contribution is -0.123. The molecule has 4 rings (SSSR count). The molecule has 3 heterocycles. The van der Waals surface area contributed by atoms with Crippen LogP contribution in [0.1, 0.15) is 56.7 Å². The van der Waals surface area contributed by atoms with Crippen molar-refractivity contribution in [3.63, 3.8) is 0 Å². The van der Waals surface area contributed by atoms with Crippen molar-refractivity contribution >= 4 is 17.6 Å². The first kappa shape index (κ1) is 19.6. The Morgan fingerprint density at radius 1 is 1.14 bits per heavy atom. The fraction of sp³-hybridized carbons (Fsp3) is 0.545. The van der Waals surface area contributed by atoms with Gasteiger partial charge in [-0.1, -0.05) is 6.42 Å². The van der Waals surface area contributed by atoms with E-state index in [4.69, 9.17) is 0 Å². The molecule has 0 aromatic carbocycles. The summed E-state index contributed by atoms with van der Waals surface area (Å²) < 4.78 is 2.10. The minimum absolute atomic E-state index is 0.0145. The molecule has 0 radical (unpaired) electrons. The minimum atomic E-state index is -0.101. The molecule has 2 aromatic heterocycles. The summed E-state index contributed by atoms with van der Waals surface area (Å²) in [5, 5.41) is 10.5. The maximum Gasteiger partial charge on any atom is 0.228 e. The number of hydrogen-bond acceptors (Lipinski definition) is 4. The van der Waals surface area contributed by atoms with Crippen molar-refractivity contribution in [2.75, 3.05) is 5.32 Å². The van der Waals surface area contributed by atoms with E-state index < -0.39 is 0 Å². The summed E-state index contributed by atoms with van der Waals surface area (Å²) in [5.74, 6) is 0.425. The van der Waals surface area contributed by atoms with Gasteiger partial charge in [0.15, 0.2) is 0 Å². The average Bonchev–Trinajstić information content (AvgIpc) is 3.13. The first-order chi connectivity index (χ1) is 14.0. The summed E-state index contributed by atoms with van der Waals surface area (Å²) >= 11 is 0. The number of anilines is 1. The van der Waals surface area contributed by atoms with E-state index in [1.807, 2.05) is 25.4 Å². The molecule has 0 bridgehead atoms. The van der Waals surface area contributed by atoms with Crippen LogP contribution in [0.25, 0.3) is 11.1 Å². The number of aryl methyl sites for hydroxylation is 2. The van der Waals surface area contributed by atoms with Gasteiger partial charge in [-0.2, -0.15) is 5.10 Å². The van der Waals surface area contributed by atoms with E-state index in [1.165, 1.54) is 25.5 Å². The number of hydrogen-bond donors (Lipinski definition) is 2. The van der Waals surface area contributed by atoms with E-state index in [0.717, 1.165) is 48.9 Å². The first-order valence-electron chi connectivity index (χ1n) is 10.6. The molecule has 2 N–H and O–H groups in total. The minimum Gasteiger partial charge on any atom is -0.354 e. The monoisotopic (exact) mass is 395 g/mol. The Morgan fingerprint density at radius 2 is 2.00 bits per heavy atom. The largest absolute Gasteiger partial charge is 0.354 e. The second kappa shape index (κ2) is 8.35. The summed E-state index contributed by atoms with van der Waals surface area (Å²) in [4.78, 5) is 28.6. The van der Waals surface area contributed by atoms with Crippen LogP contribution in [-0.2, 0) is 22.6 Å². The van der Waals surface area contributed by atoms with Crippen molar-refractivity contribution in [3.8, 4) is 11.1 Å². The van der Waals surface area contributed by atoms with Crippen LogP contribution in [0.15, 0.2) is 18.5 Å². The molecule has 7 nitrogen and oxygen atoms in total. The van der Waals surface area contributed by atoms with Gasteiger partial charge < -0.3 is 10.6 Å². The molecule has 154 valence electrons. The fourth-order valence-corrected chi connectivity index (χ4v) is 4.60. The van der Waals surface area contributed by atoms with Crippen LogP contribution in [-0.4, -0.2) is 32.6 Å². The fourth-order valence-electron chi connectivity index (χ4n) is 4.60. The molecule has 2 aliphatic rings. The van der Waals surface area contributed by atoms with Gasteiger partial charge in [-0.15, -0.1) is 0 Å². The van der Waals surface area contributed by atoms with Crippen molar-refractivity contribution in [1.29, 1.82) is 0 Å². The predicted molar refractivity (Wildman–Crippen MR) is 111 cm³/mol. The van der Waals surface area contributed by atoms with Crippen molar-refractivity contribution < 1.29 is 9.59 Å². The number of fused-ring (bicyclic) bond motifs is 1. The Bertz CT molecular complexity index is 920. The van der Waals surface area contributed by atoms with E-state index in [1.54, 1.807) is 0 Å². The van der Waals surface area contributed by atoms with Gasteiger partial charge in [-0.05, 0) is 62.6 Å². The third-order valence-corrected chi connectivity index (χ3v) is 6.08. The summed E-state index contributed by atoms with van der Waals surface area (Å²) in [6, 6.07) is 2.05. The van der Waals surface area contributed by atoms with Gasteiger partial charge in [0.2, 0.25) is 11.8 Å². The number of amides is 2. The molecular formula is C22H29N5O2. The molecule has 1 unspecified atom stereocenters. The van der Waals surface area contributed by atoms with E-state index in [0.29, 0.717) is 12.2 Å². The molecule has 2 amide bonds. The summed E-state index contributed by atoms with van der Waals surface area (Å²) in [7, 11) is 0. The van der Waals surface area contributed by atoms with Crippen LogP contribution in [0.4, 0.5) is 5.82 Å². The van der Waals surface area contributed by atoms with Gasteiger partial charge in [-0.3, -0.25) is 14.3 Å². The number of rotatable bonds is 4. The zero-order chi connectivity index (χ0) is 20.4. The van der Waals surface area contributed by atoms with E-state index >= 15 is 0 Å². The average molecular weight is 396 g/mol. The number of carbonyl (C=O) groups excluding carboxylic acids is 2. The molecule has 1 aliphatic carbocycles. The zero-order valence-corrected chi connectivity index (χ0v) is 17.2. The highest BCUT2D eigenvalue weighted by atomic mass is 16.2. The smallest absolute Gasteiger partial charge is 0.228 e. The first-order valence-corrected chi connectivity index (χ1v) is 10.6. The van der Waals surface area contributed by atoms with E-state index in [9.17, 15) is 9.59 Å². The van der Waals surface area contributed by atoms with Crippen molar-refractivity contribution in [2.24, 2.45) is 5.92 Å². The Hall–Kier alpha value is -2.70. The number of nitrogens with zero attached hydrogens (tertiary/aromatic N) is 3. The zero-order valence-electron chi connectivity index (χ0n) is 17.2. The quantitative estimate of drug-likeness (QED) is 0.832. The summed E-state index contributed by atoms with van der Waals surface area (Å²) in [6.07, 6.45) is 10.5. The van der Waals surface area contributed by atoms with Crippen LogP contribution in [0, 0.1) is 12.8 Å². The molecule has 29 heavy (non-hydrogen) atoms. The maximum absolute atomic E-state index is 12.8. The van der Waals surface area contributed by atoms with Gasteiger partial charge in [-0.25, -0.2) is 4.98 Å². The van der Waals surface area contributed by atoms with Gasteiger partial charge >= 0.3 is 0 Å². The second-order valence-corrected chi connectivity index (χ2v) is 8.32. The molecule has 0 spiro atoms. The van der Waals surface area contributed by atoms with Crippen LogP contribution >= 0.6 is 0 Å². The molecule has 2 atom stereocenters. The van der Waals surface area contributed by atoms with Crippen molar-refractivity contribution in [2.45, 2.75) is 71.4 Å². The van der Waals surface area contributed by atoms with Crippen LogP contribution in [0.5, 0.6) is 0 Å². The molecule has 2 aromatic rings. The van der Waals surface area contributed by atoms with Crippen molar-refractivity contribution in [3.05, 3.63) is 29.7 Å². The predicted octanol–water partition coefficient (Wildman–Crippen LogP) is 3.22. The van der Waals surface area contributed by atoms with E-state index in [-0.39, 0.29) is 23.8 Å². The lowest BCUT2D eigenvalue weighted by Crippen LogP contribution is -2.40. The Labute approximate surface area is 171 Å². The number of nitrogens with one attached hydrogen (secondary N) is 2. The molecule has 1 aliphatic heterocycles. The molecule has 0 saturated heterocycles. The third-order valence-electron chi connectivity index (χ3n) is 6.08. The standard InChI is InChI=1S/C22H29N5O2/c1-14-12-23-21(11-18(14)19-13-24-27-9-4-3-8-20(19)27)26-22(29)16-6-5-7-17(10-16)25-15(2)28/h11-13,16-17H,3-10H2,1-2H3,(H,25,28)(H,23,26,29)/t16-,17?/m1/s1. The summed E-state index contributed by atoms with van der Waals surface area (Å²) in [5.41, 5.74) is 4.57. The van der Waals surface area contributed by atoms with Crippen LogP contribution in [0.3, 0.4) is 0 Å². The molecule has 1 fully saturated rings.